The Morgan fingerprint density at radius 3 is 2.95 bits per heavy atom. The quantitative estimate of drug-likeness (QED) is 0.768. The van der Waals surface area contributed by atoms with Gasteiger partial charge in [-0.2, -0.15) is 5.26 Å². The molecule has 0 amide bonds. The van der Waals surface area contributed by atoms with E-state index in [0.29, 0.717) is 5.56 Å². The van der Waals surface area contributed by atoms with Crippen molar-refractivity contribution >= 4 is 5.82 Å². The van der Waals surface area contributed by atoms with Crippen LogP contribution in [0.5, 0.6) is 0 Å². The maximum Gasteiger partial charge on any atom is 0.144 e. The zero-order chi connectivity index (χ0) is 13.5. The number of rotatable bonds is 6. The van der Waals surface area contributed by atoms with Crippen LogP contribution in [0, 0.1) is 11.3 Å². The van der Waals surface area contributed by atoms with Gasteiger partial charge in [-0.1, -0.05) is 6.92 Å². The van der Waals surface area contributed by atoms with Crippen LogP contribution >= 0.6 is 0 Å². The number of nitrogens with one attached hydrogen (secondary N) is 2. The van der Waals surface area contributed by atoms with E-state index in [1.165, 1.54) is 24.1 Å². The van der Waals surface area contributed by atoms with Crippen molar-refractivity contribution in [2.24, 2.45) is 0 Å². The van der Waals surface area contributed by atoms with Gasteiger partial charge < -0.3 is 10.6 Å². The van der Waals surface area contributed by atoms with E-state index in [-0.39, 0.29) is 0 Å². The maximum absolute atomic E-state index is 9.22. The molecule has 1 heterocycles. The topological polar surface area (TPSA) is 60.7 Å². The highest BCUT2D eigenvalue weighted by Gasteiger charge is 2.14. The number of nitrogens with zero attached hydrogens (tertiary/aromatic N) is 2. The third-order valence-electron chi connectivity index (χ3n) is 3.49. The van der Waals surface area contributed by atoms with E-state index in [4.69, 9.17) is 0 Å². The molecule has 0 saturated heterocycles. The molecule has 0 saturated carbocycles. The second-order valence-corrected chi connectivity index (χ2v) is 4.94. The number of fused-ring (bicyclic) bond motifs is 1. The molecule has 19 heavy (non-hydrogen) atoms. The van der Waals surface area contributed by atoms with Gasteiger partial charge in [0, 0.05) is 12.2 Å². The van der Waals surface area contributed by atoms with Gasteiger partial charge >= 0.3 is 0 Å². The lowest BCUT2D eigenvalue weighted by atomic mass is 9.95. The van der Waals surface area contributed by atoms with Gasteiger partial charge in [0.25, 0.3) is 0 Å². The average molecular weight is 258 g/mol. The molecule has 4 heteroatoms. The first-order chi connectivity index (χ1) is 9.35. The molecule has 0 atom stereocenters. The Morgan fingerprint density at radius 2 is 2.16 bits per heavy atom. The number of nitriles is 1. The molecule has 0 radical (unpaired) electrons. The Bertz CT molecular complexity index is 462. The minimum atomic E-state index is 0.684. The molecule has 0 aliphatic heterocycles. The molecular weight excluding hydrogens is 236 g/mol. The third kappa shape index (κ3) is 3.68. The molecule has 2 N–H and O–H groups in total. The predicted molar refractivity (Wildman–Crippen MR) is 77.2 cm³/mol. The van der Waals surface area contributed by atoms with Crippen molar-refractivity contribution in [3.8, 4) is 6.07 Å². The fraction of sp³-hybridized carbons (Fsp3) is 0.600. The van der Waals surface area contributed by atoms with Crippen LogP contribution in [-0.4, -0.2) is 24.6 Å². The summed E-state index contributed by atoms with van der Waals surface area (Å²) in [5.74, 6) is 0.764. The maximum atomic E-state index is 9.22. The Balaban J connectivity index is 2.01. The molecule has 1 aromatic heterocycles. The van der Waals surface area contributed by atoms with Crippen LogP contribution in [0.4, 0.5) is 5.82 Å². The lowest BCUT2D eigenvalue weighted by Gasteiger charge is -2.17. The van der Waals surface area contributed by atoms with Crippen molar-refractivity contribution in [1.29, 1.82) is 5.26 Å². The van der Waals surface area contributed by atoms with Crippen LogP contribution in [-0.2, 0) is 12.8 Å². The Labute approximate surface area is 115 Å². The summed E-state index contributed by atoms with van der Waals surface area (Å²) in [6, 6.07) is 4.28. The van der Waals surface area contributed by atoms with Crippen molar-refractivity contribution in [2.75, 3.05) is 25.0 Å². The summed E-state index contributed by atoms with van der Waals surface area (Å²) in [5.41, 5.74) is 3.13. The van der Waals surface area contributed by atoms with Crippen LogP contribution in [0.3, 0.4) is 0 Å². The molecule has 0 aromatic carbocycles. The van der Waals surface area contributed by atoms with Crippen LogP contribution in [0.2, 0.25) is 0 Å². The van der Waals surface area contributed by atoms with Gasteiger partial charge in [0.2, 0.25) is 0 Å². The summed E-state index contributed by atoms with van der Waals surface area (Å²) in [5, 5.41) is 15.8. The number of anilines is 1. The number of pyridine rings is 1. The van der Waals surface area contributed by atoms with E-state index in [9.17, 15) is 5.26 Å². The van der Waals surface area contributed by atoms with E-state index in [1.54, 1.807) is 0 Å². The first-order valence-corrected chi connectivity index (χ1v) is 7.22. The van der Waals surface area contributed by atoms with Gasteiger partial charge in [0.15, 0.2) is 0 Å². The molecule has 1 aliphatic rings. The van der Waals surface area contributed by atoms with Gasteiger partial charge in [0.1, 0.15) is 11.9 Å². The standard InChI is InChI=1S/C15H22N4/c1-2-17-8-5-9-18-15-13(11-16)10-12-6-3-4-7-14(12)19-15/h10,17H,2-9H2,1H3,(H,18,19). The number of aromatic nitrogens is 1. The van der Waals surface area contributed by atoms with Crippen LogP contribution < -0.4 is 10.6 Å². The van der Waals surface area contributed by atoms with Crippen LogP contribution in [0.15, 0.2) is 6.07 Å². The zero-order valence-electron chi connectivity index (χ0n) is 11.6. The van der Waals surface area contributed by atoms with Crippen molar-refractivity contribution in [2.45, 2.75) is 39.0 Å². The van der Waals surface area contributed by atoms with Gasteiger partial charge in [-0.25, -0.2) is 4.98 Å². The SMILES string of the molecule is CCNCCCNc1nc2c(cc1C#N)CCCC2. The summed E-state index contributed by atoms with van der Waals surface area (Å²) in [6.07, 6.45) is 5.59. The highest BCUT2D eigenvalue weighted by Crippen LogP contribution is 2.24. The fourth-order valence-electron chi connectivity index (χ4n) is 2.45. The van der Waals surface area contributed by atoms with E-state index < -0.39 is 0 Å². The second-order valence-electron chi connectivity index (χ2n) is 4.94. The zero-order valence-corrected chi connectivity index (χ0v) is 11.6. The normalized spacial score (nSPS) is 13.7. The lowest BCUT2D eigenvalue weighted by molar-refractivity contribution is 0.666. The monoisotopic (exact) mass is 258 g/mol. The molecule has 0 bridgehead atoms. The van der Waals surface area contributed by atoms with Crippen molar-refractivity contribution in [1.82, 2.24) is 10.3 Å². The van der Waals surface area contributed by atoms with Gasteiger partial charge in [-0.15, -0.1) is 0 Å². The Morgan fingerprint density at radius 1 is 1.32 bits per heavy atom. The fourth-order valence-corrected chi connectivity index (χ4v) is 2.45. The number of hydrogen-bond donors (Lipinski definition) is 2. The molecule has 0 fully saturated rings. The molecule has 4 nitrogen and oxygen atoms in total. The highest BCUT2D eigenvalue weighted by molar-refractivity contribution is 5.54. The average Bonchev–Trinajstić information content (AvgIpc) is 2.46. The van der Waals surface area contributed by atoms with Crippen molar-refractivity contribution in [3.63, 3.8) is 0 Å². The first-order valence-electron chi connectivity index (χ1n) is 7.22. The minimum Gasteiger partial charge on any atom is -0.369 e. The number of hydrogen-bond acceptors (Lipinski definition) is 4. The van der Waals surface area contributed by atoms with E-state index >= 15 is 0 Å². The lowest BCUT2D eigenvalue weighted by Crippen LogP contribution is -2.18. The first kappa shape index (κ1) is 13.8. The summed E-state index contributed by atoms with van der Waals surface area (Å²) >= 11 is 0. The Kier molecular flexibility index (Phi) is 5.17. The third-order valence-corrected chi connectivity index (χ3v) is 3.49. The van der Waals surface area contributed by atoms with Crippen LogP contribution in [0.1, 0.15) is 43.0 Å². The predicted octanol–water partition coefficient (Wildman–Crippen LogP) is 2.24. The van der Waals surface area contributed by atoms with Gasteiger partial charge in [-0.3, -0.25) is 0 Å². The largest absolute Gasteiger partial charge is 0.369 e. The van der Waals surface area contributed by atoms with E-state index in [1.807, 2.05) is 6.07 Å². The molecule has 1 aromatic rings. The molecule has 0 spiro atoms. The molecule has 102 valence electrons. The summed E-state index contributed by atoms with van der Waals surface area (Å²) in [4.78, 5) is 4.65. The minimum absolute atomic E-state index is 0.684. The van der Waals surface area contributed by atoms with E-state index in [2.05, 4.69) is 28.6 Å². The van der Waals surface area contributed by atoms with Gasteiger partial charge in [-0.05, 0) is 56.8 Å². The molecule has 0 unspecified atom stereocenters. The van der Waals surface area contributed by atoms with E-state index in [0.717, 1.165) is 44.7 Å². The second kappa shape index (κ2) is 7.10. The van der Waals surface area contributed by atoms with Crippen LogP contribution in [0.25, 0.3) is 0 Å². The summed E-state index contributed by atoms with van der Waals surface area (Å²) in [6.45, 7) is 4.95. The Hall–Kier alpha value is -1.60. The molecule has 2 rings (SSSR count). The highest BCUT2D eigenvalue weighted by atomic mass is 15.0. The molecular formula is C15H22N4. The van der Waals surface area contributed by atoms with Crippen molar-refractivity contribution in [3.05, 3.63) is 22.9 Å². The molecule has 1 aliphatic carbocycles. The summed E-state index contributed by atoms with van der Waals surface area (Å²) < 4.78 is 0. The number of aryl methyl sites for hydroxylation is 2. The smallest absolute Gasteiger partial charge is 0.144 e. The van der Waals surface area contributed by atoms with Gasteiger partial charge in [0.05, 0.1) is 5.56 Å². The van der Waals surface area contributed by atoms with Crippen molar-refractivity contribution < 1.29 is 0 Å². The summed E-state index contributed by atoms with van der Waals surface area (Å²) in [7, 11) is 0.